The number of likely N-dealkylation sites (tertiary alicyclic amines) is 2. The lowest BCUT2D eigenvalue weighted by Crippen LogP contribution is -2.54. The molecule has 0 aromatic carbocycles. The lowest BCUT2D eigenvalue weighted by atomic mass is 9.73. The summed E-state index contributed by atoms with van der Waals surface area (Å²) in [5, 5.41) is 0. The molecule has 2 aliphatic heterocycles. The summed E-state index contributed by atoms with van der Waals surface area (Å²) in [6, 6.07) is 5.92. The number of hydrogen-bond donors (Lipinski definition) is 0. The highest BCUT2D eigenvalue weighted by molar-refractivity contribution is 5.77. The van der Waals surface area contributed by atoms with E-state index in [0.717, 1.165) is 57.9 Å². The average Bonchev–Trinajstić information content (AvgIpc) is 2.63. The summed E-state index contributed by atoms with van der Waals surface area (Å²) in [6.07, 6.45) is 7.03. The van der Waals surface area contributed by atoms with Crippen LogP contribution >= 0.6 is 0 Å². The van der Waals surface area contributed by atoms with Crippen molar-refractivity contribution in [1.29, 1.82) is 0 Å². The van der Waals surface area contributed by atoms with Crippen molar-refractivity contribution in [3.05, 3.63) is 30.1 Å². The molecule has 3 rings (SSSR count). The fourth-order valence-corrected chi connectivity index (χ4v) is 4.21. The quantitative estimate of drug-likeness (QED) is 0.713. The van der Waals surface area contributed by atoms with Crippen molar-refractivity contribution in [2.45, 2.75) is 45.6 Å². The van der Waals surface area contributed by atoms with Gasteiger partial charge in [-0.3, -0.25) is 9.78 Å². The Bertz CT molecular complexity index is 551. The molecule has 1 aromatic rings. The molecule has 138 valence electrons. The zero-order valence-electron chi connectivity index (χ0n) is 15.5. The molecular weight excluding hydrogens is 314 g/mol. The summed E-state index contributed by atoms with van der Waals surface area (Å²) in [4.78, 5) is 21.4. The van der Waals surface area contributed by atoms with Gasteiger partial charge < -0.3 is 14.5 Å². The second-order valence-corrected chi connectivity index (χ2v) is 7.56. The molecule has 5 nitrogen and oxygen atoms in total. The largest absolute Gasteiger partial charge is 0.380 e. The SMILES string of the molecule is CCCOCCN1CCCC2(CCC(=O)N(Cc3ccccn3)C2)C1. The van der Waals surface area contributed by atoms with Crippen molar-refractivity contribution in [3.63, 3.8) is 0 Å². The van der Waals surface area contributed by atoms with E-state index in [0.29, 0.717) is 13.0 Å². The van der Waals surface area contributed by atoms with Crippen LogP contribution in [-0.2, 0) is 16.1 Å². The molecule has 2 fully saturated rings. The number of aromatic nitrogens is 1. The summed E-state index contributed by atoms with van der Waals surface area (Å²) in [5.41, 5.74) is 1.24. The Morgan fingerprint density at radius 2 is 2.16 bits per heavy atom. The molecule has 2 aliphatic rings. The number of rotatable bonds is 7. The van der Waals surface area contributed by atoms with Gasteiger partial charge in [-0.25, -0.2) is 0 Å². The summed E-state index contributed by atoms with van der Waals surface area (Å²) in [7, 11) is 0. The molecule has 0 N–H and O–H groups in total. The van der Waals surface area contributed by atoms with Crippen LogP contribution in [0.5, 0.6) is 0 Å². The minimum atomic E-state index is 0.256. The molecule has 1 amide bonds. The van der Waals surface area contributed by atoms with Crippen LogP contribution in [0.15, 0.2) is 24.4 Å². The molecule has 1 unspecified atom stereocenters. The van der Waals surface area contributed by atoms with Gasteiger partial charge in [0.15, 0.2) is 0 Å². The van der Waals surface area contributed by atoms with Crippen molar-refractivity contribution < 1.29 is 9.53 Å². The van der Waals surface area contributed by atoms with Crippen LogP contribution in [0.4, 0.5) is 0 Å². The maximum Gasteiger partial charge on any atom is 0.222 e. The monoisotopic (exact) mass is 345 g/mol. The Morgan fingerprint density at radius 3 is 2.96 bits per heavy atom. The van der Waals surface area contributed by atoms with Gasteiger partial charge in [-0.15, -0.1) is 0 Å². The maximum absolute atomic E-state index is 12.4. The van der Waals surface area contributed by atoms with E-state index >= 15 is 0 Å². The van der Waals surface area contributed by atoms with Gasteiger partial charge >= 0.3 is 0 Å². The topological polar surface area (TPSA) is 45.7 Å². The molecule has 5 heteroatoms. The third-order valence-corrected chi connectivity index (χ3v) is 5.47. The standard InChI is InChI=1S/C20H31N3O2/c1-2-13-25-14-12-22-11-5-8-20(16-22)9-7-19(24)23(17-20)15-18-6-3-4-10-21-18/h3-4,6,10H,2,5,7-9,11-17H2,1H3. The molecule has 1 spiro atoms. The highest BCUT2D eigenvalue weighted by Gasteiger charge is 2.41. The molecular formula is C20H31N3O2. The van der Waals surface area contributed by atoms with Crippen LogP contribution in [0.2, 0.25) is 0 Å². The van der Waals surface area contributed by atoms with Crippen LogP contribution in [-0.4, -0.2) is 60.1 Å². The zero-order chi connectivity index (χ0) is 17.5. The lowest BCUT2D eigenvalue weighted by molar-refractivity contribution is -0.140. The molecule has 2 saturated heterocycles. The second kappa shape index (κ2) is 8.77. The van der Waals surface area contributed by atoms with Crippen LogP contribution in [0.3, 0.4) is 0 Å². The molecule has 1 aromatic heterocycles. The summed E-state index contributed by atoms with van der Waals surface area (Å²) in [6.45, 7) is 8.59. The highest BCUT2D eigenvalue weighted by atomic mass is 16.5. The van der Waals surface area contributed by atoms with Crippen molar-refractivity contribution in [1.82, 2.24) is 14.8 Å². The third kappa shape index (κ3) is 5.02. The fourth-order valence-electron chi connectivity index (χ4n) is 4.21. The predicted octanol–water partition coefficient (Wildman–Crippen LogP) is 2.71. The number of carbonyl (C=O) groups is 1. The molecule has 0 saturated carbocycles. The first-order valence-corrected chi connectivity index (χ1v) is 9.69. The zero-order valence-corrected chi connectivity index (χ0v) is 15.5. The Morgan fingerprint density at radius 1 is 1.24 bits per heavy atom. The highest BCUT2D eigenvalue weighted by Crippen LogP contribution is 2.39. The number of nitrogens with zero attached hydrogens (tertiary/aromatic N) is 3. The van der Waals surface area contributed by atoms with Gasteiger partial charge in [-0.05, 0) is 44.4 Å². The minimum absolute atomic E-state index is 0.256. The first-order valence-electron chi connectivity index (χ1n) is 9.69. The van der Waals surface area contributed by atoms with E-state index < -0.39 is 0 Å². The van der Waals surface area contributed by atoms with Crippen molar-refractivity contribution in [2.75, 3.05) is 39.4 Å². The van der Waals surface area contributed by atoms with Crippen LogP contribution in [0.1, 0.15) is 44.7 Å². The fraction of sp³-hybridized carbons (Fsp3) is 0.700. The third-order valence-electron chi connectivity index (χ3n) is 5.47. The molecule has 0 aliphatic carbocycles. The van der Waals surface area contributed by atoms with Gasteiger partial charge in [0.05, 0.1) is 18.8 Å². The summed E-state index contributed by atoms with van der Waals surface area (Å²) < 4.78 is 5.66. The van der Waals surface area contributed by atoms with Crippen LogP contribution in [0.25, 0.3) is 0 Å². The minimum Gasteiger partial charge on any atom is -0.380 e. The molecule has 0 bridgehead atoms. The average molecular weight is 345 g/mol. The van der Waals surface area contributed by atoms with E-state index in [1.165, 1.54) is 12.8 Å². The van der Waals surface area contributed by atoms with E-state index in [9.17, 15) is 4.79 Å². The van der Waals surface area contributed by atoms with E-state index in [2.05, 4.69) is 16.8 Å². The second-order valence-electron chi connectivity index (χ2n) is 7.56. The summed E-state index contributed by atoms with van der Waals surface area (Å²) >= 11 is 0. The van der Waals surface area contributed by atoms with Crippen molar-refractivity contribution in [3.8, 4) is 0 Å². The lowest BCUT2D eigenvalue weighted by Gasteiger charge is -2.48. The number of carbonyl (C=O) groups excluding carboxylic acids is 1. The Balaban J connectivity index is 1.57. The number of piperidine rings is 2. The van der Waals surface area contributed by atoms with E-state index in [1.807, 2.05) is 23.1 Å². The molecule has 3 heterocycles. The van der Waals surface area contributed by atoms with Gasteiger partial charge in [0.25, 0.3) is 0 Å². The van der Waals surface area contributed by atoms with Gasteiger partial charge in [0.2, 0.25) is 5.91 Å². The normalized spacial score (nSPS) is 24.8. The van der Waals surface area contributed by atoms with Crippen LogP contribution in [0, 0.1) is 5.41 Å². The number of pyridine rings is 1. The van der Waals surface area contributed by atoms with E-state index in [4.69, 9.17) is 4.74 Å². The predicted molar refractivity (Wildman–Crippen MR) is 98.1 cm³/mol. The van der Waals surface area contributed by atoms with Crippen LogP contribution < -0.4 is 0 Å². The summed E-state index contributed by atoms with van der Waals surface area (Å²) in [5.74, 6) is 0.277. The van der Waals surface area contributed by atoms with Crippen molar-refractivity contribution >= 4 is 5.91 Å². The van der Waals surface area contributed by atoms with Gasteiger partial charge in [0.1, 0.15) is 0 Å². The molecule has 1 atom stereocenters. The Hall–Kier alpha value is -1.46. The van der Waals surface area contributed by atoms with Gasteiger partial charge in [-0.1, -0.05) is 13.0 Å². The van der Waals surface area contributed by atoms with E-state index in [1.54, 1.807) is 6.20 Å². The first-order chi connectivity index (χ1) is 12.2. The van der Waals surface area contributed by atoms with Crippen molar-refractivity contribution in [2.24, 2.45) is 5.41 Å². The smallest absolute Gasteiger partial charge is 0.222 e. The maximum atomic E-state index is 12.4. The van der Waals surface area contributed by atoms with E-state index in [-0.39, 0.29) is 11.3 Å². The first kappa shape index (κ1) is 18.3. The number of amides is 1. The molecule has 0 radical (unpaired) electrons. The molecule has 25 heavy (non-hydrogen) atoms. The van der Waals surface area contributed by atoms with Gasteiger partial charge in [0, 0.05) is 44.3 Å². The number of ether oxygens (including phenoxy) is 1. The van der Waals surface area contributed by atoms with Gasteiger partial charge in [-0.2, -0.15) is 0 Å². The number of hydrogen-bond acceptors (Lipinski definition) is 4. The Labute approximate surface area is 151 Å². The Kier molecular flexibility index (Phi) is 6.43.